The molecule has 2 aliphatic rings. The van der Waals surface area contributed by atoms with Crippen molar-refractivity contribution in [2.75, 3.05) is 12.4 Å². The van der Waals surface area contributed by atoms with Crippen molar-refractivity contribution in [1.29, 1.82) is 5.41 Å². The third-order valence-electron chi connectivity index (χ3n) is 3.10. The first kappa shape index (κ1) is 11.1. The van der Waals surface area contributed by atoms with Gasteiger partial charge in [-0.15, -0.1) is 0 Å². The lowest BCUT2D eigenvalue weighted by atomic mass is 10.00. The fourth-order valence-corrected chi connectivity index (χ4v) is 3.31. The highest BCUT2D eigenvalue weighted by Gasteiger charge is 2.56. The summed E-state index contributed by atoms with van der Waals surface area (Å²) in [5, 5.41) is 12.8. The van der Waals surface area contributed by atoms with Crippen molar-refractivity contribution in [3.8, 4) is 0 Å². The van der Waals surface area contributed by atoms with Crippen molar-refractivity contribution in [2.24, 2.45) is 0 Å². The molecule has 18 heavy (non-hydrogen) atoms. The Morgan fingerprint density at radius 3 is 2.67 bits per heavy atom. The van der Waals surface area contributed by atoms with E-state index in [-0.39, 0.29) is 17.1 Å². The number of rotatable bonds is 0. The Balaban J connectivity index is 2.27. The summed E-state index contributed by atoms with van der Waals surface area (Å²) in [5.74, 6) is -0.359. The molecule has 3 rings (SSSR count). The Labute approximate surface area is 107 Å². The number of urea groups is 1. The standard InChI is InChI=1S/C11H10N4O2S/c1-15-10(17)13-7-5-3-2-4-6(7)11(15)8(16)14-9(12)18-11/h2-5H,1H3,(H,13,17)(H2,12,14,16). The zero-order valence-electron chi connectivity index (χ0n) is 9.48. The van der Waals surface area contributed by atoms with Gasteiger partial charge in [-0.05, 0) is 17.8 Å². The molecule has 3 amide bonds. The van der Waals surface area contributed by atoms with Crippen molar-refractivity contribution in [3.63, 3.8) is 0 Å². The number of amides is 3. The molecule has 2 aliphatic heterocycles. The maximum atomic E-state index is 12.2. The van der Waals surface area contributed by atoms with Crippen LogP contribution in [0.1, 0.15) is 5.56 Å². The predicted octanol–water partition coefficient (Wildman–Crippen LogP) is 1.11. The van der Waals surface area contributed by atoms with Crippen LogP contribution < -0.4 is 10.6 Å². The fourth-order valence-electron chi connectivity index (χ4n) is 2.22. The second kappa shape index (κ2) is 3.49. The summed E-state index contributed by atoms with van der Waals surface area (Å²) in [6.07, 6.45) is 0. The average molecular weight is 262 g/mol. The lowest BCUT2D eigenvalue weighted by molar-refractivity contribution is -0.125. The number of nitrogens with zero attached hydrogens (tertiary/aromatic N) is 1. The SMILES string of the molecule is CN1C(=O)Nc2ccccc2C12SC(=N)NC2=O. The first-order valence-corrected chi connectivity index (χ1v) is 6.10. The minimum atomic E-state index is -1.17. The van der Waals surface area contributed by atoms with Gasteiger partial charge in [-0.3, -0.25) is 15.1 Å². The number of fused-ring (bicyclic) bond motifs is 2. The van der Waals surface area contributed by atoms with Crippen LogP contribution in [0.5, 0.6) is 0 Å². The van der Waals surface area contributed by atoms with Crippen LogP contribution in [0, 0.1) is 5.41 Å². The molecule has 2 heterocycles. The second-order valence-corrected chi connectivity index (χ2v) is 5.27. The first-order valence-electron chi connectivity index (χ1n) is 5.29. The van der Waals surface area contributed by atoms with Crippen LogP contribution >= 0.6 is 11.8 Å². The highest BCUT2D eigenvalue weighted by Crippen LogP contribution is 2.48. The number of thioether (sulfide) groups is 1. The quantitative estimate of drug-likeness (QED) is 0.655. The molecule has 1 atom stereocenters. The number of carbonyl (C=O) groups excluding carboxylic acids is 2. The molecule has 1 fully saturated rings. The predicted molar refractivity (Wildman–Crippen MR) is 68.4 cm³/mol. The first-order chi connectivity index (χ1) is 8.55. The van der Waals surface area contributed by atoms with Crippen molar-refractivity contribution in [1.82, 2.24) is 10.2 Å². The number of hydrogen-bond donors (Lipinski definition) is 3. The zero-order valence-corrected chi connectivity index (χ0v) is 10.3. The molecule has 7 heteroatoms. The molecule has 0 saturated carbocycles. The van der Waals surface area contributed by atoms with Crippen molar-refractivity contribution < 1.29 is 9.59 Å². The van der Waals surface area contributed by atoms with Gasteiger partial charge in [0.05, 0.1) is 0 Å². The van der Waals surface area contributed by atoms with E-state index in [2.05, 4.69) is 10.6 Å². The van der Waals surface area contributed by atoms with Crippen LogP contribution in [0.25, 0.3) is 0 Å². The van der Waals surface area contributed by atoms with Crippen LogP contribution in [0.2, 0.25) is 0 Å². The second-order valence-electron chi connectivity index (χ2n) is 4.06. The zero-order chi connectivity index (χ0) is 12.9. The molecule has 0 radical (unpaired) electrons. The van der Waals surface area contributed by atoms with Gasteiger partial charge in [0, 0.05) is 18.3 Å². The summed E-state index contributed by atoms with van der Waals surface area (Å²) < 4.78 is 0. The van der Waals surface area contributed by atoms with E-state index in [4.69, 9.17) is 5.41 Å². The molecule has 1 spiro atoms. The summed E-state index contributed by atoms with van der Waals surface area (Å²) in [5.41, 5.74) is 1.30. The summed E-state index contributed by atoms with van der Waals surface area (Å²) >= 11 is 1.04. The minimum Gasteiger partial charge on any atom is -0.307 e. The van der Waals surface area contributed by atoms with Gasteiger partial charge in [0.25, 0.3) is 5.91 Å². The van der Waals surface area contributed by atoms with E-state index in [0.29, 0.717) is 11.3 Å². The number of likely N-dealkylation sites (N-methyl/N-ethyl adjacent to an activating group) is 1. The molecular formula is C11H10N4O2S. The summed E-state index contributed by atoms with van der Waals surface area (Å²) in [6.45, 7) is 0. The Kier molecular flexibility index (Phi) is 2.15. The molecule has 3 N–H and O–H groups in total. The van der Waals surface area contributed by atoms with E-state index in [9.17, 15) is 9.59 Å². The van der Waals surface area contributed by atoms with Gasteiger partial charge in [-0.1, -0.05) is 18.2 Å². The lowest BCUT2D eigenvalue weighted by Crippen LogP contribution is -2.54. The van der Waals surface area contributed by atoms with Gasteiger partial charge in [-0.2, -0.15) is 0 Å². The van der Waals surface area contributed by atoms with E-state index < -0.39 is 4.87 Å². The Morgan fingerprint density at radius 1 is 1.28 bits per heavy atom. The number of amidine groups is 1. The Hall–Kier alpha value is -2.02. The highest BCUT2D eigenvalue weighted by molar-refractivity contribution is 8.15. The van der Waals surface area contributed by atoms with Crippen molar-refractivity contribution in [3.05, 3.63) is 29.8 Å². The van der Waals surface area contributed by atoms with Gasteiger partial charge < -0.3 is 10.6 Å². The normalized spacial score (nSPS) is 26.1. The van der Waals surface area contributed by atoms with Gasteiger partial charge in [0.2, 0.25) is 4.87 Å². The molecule has 1 saturated heterocycles. The monoisotopic (exact) mass is 262 g/mol. The number of hydrogen-bond acceptors (Lipinski definition) is 4. The number of benzene rings is 1. The smallest absolute Gasteiger partial charge is 0.307 e. The average Bonchev–Trinajstić information content (AvgIpc) is 2.63. The molecule has 1 aromatic rings. The Morgan fingerprint density at radius 2 is 2.00 bits per heavy atom. The summed E-state index contributed by atoms with van der Waals surface area (Å²) in [4.78, 5) is 24.3. The largest absolute Gasteiger partial charge is 0.323 e. The number of nitrogens with one attached hydrogen (secondary N) is 3. The maximum Gasteiger partial charge on any atom is 0.323 e. The van der Waals surface area contributed by atoms with Crippen LogP contribution in [0.15, 0.2) is 24.3 Å². The third-order valence-corrected chi connectivity index (χ3v) is 4.38. The molecule has 0 bridgehead atoms. The third kappa shape index (κ3) is 1.22. The van der Waals surface area contributed by atoms with Gasteiger partial charge in [-0.25, -0.2) is 4.79 Å². The summed E-state index contributed by atoms with van der Waals surface area (Å²) in [6, 6.07) is 6.78. The maximum absolute atomic E-state index is 12.2. The van der Waals surface area contributed by atoms with E-state index in [0.717, 1.165) is 11.8 Å². The van der Waals surface area contributed by atoms with E-state index in [1.54, 1.807) is 25.2 Å². The molecule has 92 valence electrons. The lowest BCUT2D eigenvalue weighted by Gasteiger charge is -2.40. The van der Waals surface area contributed by atoms with E-state index in [1.807, 2.05) is 6.07 Å². The van der Waals surface area contributed by atoms with Gasteiger partial charge in [0.1, 0.15) is 0 Å². The van der Waals surface area contributed by atoms with Crippen LogP contribution in [-0.2, 0) is 9.67 Å². The topological polar surface area (TPSA) is 85.3 Å². The molecule has 0 aliphatic carbocycles. The minimum absolute atomic E-state index is 0.0522. The molecular weight excluding hydrogens is 252 g/mol. The number of anilines is 1. The van der Waals surface area contributed by atoms with Crippen molar-refractivity contribution >= 4 is 34.6 Å². The molecule has 1 aromatic carbocycles. The highest BCUT2D eigenvalue weighted by atomic mass is 32.2. The Bertz CT molecular complexity index is 588. The number of carbonyl (C=O) groups is 2. The van der Waals surface area contributed by atoms with Crippen molar-refractivity contribution in [2.45, 2.75) is 4.87 Å². The van der Waals surface area contributed by atoms with E-state index in [1.165, 1.54) is 4.90 Å². The number of para-hydroxylation sites is 1. The van der Waals surface area contributed by atoms with Crippen LogP contribution in [0.4, 0.5) is 10.5 Å². The fraction of sp³-hybridized carbons (Fsp3) is 0.182. The van der Waals surface area contributed by atoms with Crippen LogP contribution in [0.3, 0.4) is 0 Å². The van der Waals surface area contributed by atoms with Crippen LogP contribution in [-0.4, -0.2) is 29.1 Å². The van der Waals surface area contributed by atoms with Gasteiger partial charge in [0.15, 0.2) is 5.17 Å². The van der Waals surface area contributed by atoms with Gasteiger partial charge >= 0.3 is 6.03 Å². The molecule has 6 nitrogen and oxygen atoms in total. The molecule has 1 unspecified atom stereocenters. The molecule has 0 aromatic heterocycles. The van der Waals surface area contributed by atoms with E-state index >= 15 is 0 Å². The summed E-state index contributed by atoms with van der Waals surface area (Å²) in [7, 11) is 1.55.